The molecule has 1 rings (SSSR count). The molecule has 4 nitrogen and oxygen atoms in total. The monoisotopic (exact) mass is 265 g/mol. The largest absolute Gasteiger partial charge is 0.495 e. The number of benzene rings is 1. The van der Waals surface area contributed by atoms with E-state index in [0.29, 0.717) is 18.6 Å². The second-order valence-electron chi connectivity index (χ2n) is 4.67. The molecule has 0 aliphatic carbocycles. The number of rotatable bonds is 8. The zero-order valence-corrected chi connectivity index (χ0v) is 11.9. The van der Waals surface area contributed by atoms with Crippen LogP contribution in [0.5, 0.6) is 5.75 Å². The number of aliphatic carboxylic acids is 1. The topological polar surface area (TPSA) is 58.6 Å². The predicted octanol–water partition coefficient (Wildman–Crippen LogP) is 3.53. The normalized spacial score (nSPS) is 13.6. The Bertz CT molecular complexity index is 420. The lowest BCUT2D eigenvalue weighted by atomic mass is 9.89. The molecule has 0 aliphatic rings. The lowest BCUT2D eigenvalue weighted by Gasteiger charge is -2.31. The first-order valence-corrected chi connectivity index (χ1v) is 6.74. The van der Waals surface area contributed by atoms with Gasteiger partial charge in [-0.15, -0.1) is 0 Å². The minimum Gasteiger partial charge on any atom is -0.495 e. The zero-order chi connectivity index (χ0) is 14.3. The lowest BCUT2D eigenvalue weighted by Crippen LogP contribution is -2.46. The van der Waals surface area contributed by atoms with Gasteiger partial charge < -0.3 is 15.2 Å². The first-order valence-electron chi connectivity index (χ1n) is 6.74. The summed E-state index contributed by atoms with van der Waals surface area (Å²) in [6, 6.07) is 7.40. The number of hydrogen-bond acceptors (Lipinski definition) is 3. The van der Waals surface area contributed by atoms with Gasteiger partial charge in [-0.05, 0) is 25.0 Å². The molecule has 0 aliphatic heterocycles. The van der Waals surface area contributed by atoms with Crippen molar-refractivity contribution in [1.29, 1.82) is 0 Å². The fourth-order valence-electron chi connectivity index (χ4n) is 2.12. The van der Waals surface area contributed by atoms with E-state index in [0.717, 1.165) is 18.5 Å². The van der Waals surface area contributed by atoms with Gasteiger partial charge in [-0.2, -0.15) is 0 Å². The summed E-state index contributed by atoms with van der Waals surface area (Å²) in [5.41, 5.74) is -0.199. The van der Waals surface area contributed by atoms with Crippen molar-refractivity contribution in [3.05, 3.63) is 24.3 Å². The molecule has 0 bridgehead atoms. The van der Waals surface area contributed by atoms with Gasteiger partial charge in [0.1, 0.15) is 11.3 Å². The summed E-state index contributed by atoms with van der Waals surface area (Å²) in [6.45, 7) is 3.96. The van der Waals surface area contributed by atoms with Crippen LogP contribution in [0.25, 0.3) is 0 Å². The predicted molar refractivity (Wildman–Crippen MR) is 76.8 cm³/mol. The van der Waals surface area contributed by atoms with E-state index in [2.05, 4.69) is 12.2 Å². The third kappa shape index (κ3) is 3.63. The minimum absolute atomic E-state index is 0.528. The van der Waals surface area contributed by atoms with E-state index >= 15 is 0 Å². The lowest BCUT2D eigenvalue weighted by molar-refractivity contribution is -0.142. The van der Waals surface area contributed by atoms with E-state index < -0.39 is 11.5 Å². The molecule has 1 atom stereocenters. The van der Waals surface area contributed by atoms with Crippen molar-refractivity contribution in [3.63, 3.8) is 0 Å². The molecule has 2 N–H and O–H groups in total. The summed E-state index contributed by atoms with van der Waals surface area (Å²) in [4.78, 5) is 11.7. The maximum atomic E-state index is 11.7. The van der Waals surface area contributed by atoms with Gasteiger partial charge in [0.15, 0.2) is 0 Å². The molecule has 0 saturated carbocycles. The Morgan fingerprint density at radius 1 is 1.37 bits per heavy atom. The molecule has 0 amide bonds. The van der Waals surface area contributed by atoms with Crippen LogP contribution in [0.4, 0.5) is 5.69 Å². The van der Waals surface area contributed by atoms with Crippen LogP contribution in [0.1, 0.15) is 39.5 Å². The molecular weight excluding hydrogens is 242 g/mol. The molecule has 0 saturated heterocycles. The highest BCUT2D eigenvalue weighted by Crippen LogP contribution is 2.30. The van der Waals surface area contributed by atoms with Crippen LogP contribution >= 0.6 is 0 Å². The number of carbonyl (C=O) groups is 1. The molecule has 106 valence electrons. The maximum absolute atomic E-state index is 11.7. The Morgan fingerprint density at radius 3 is 2.58 bits per heavy atom. The number of carboxylic acid groups (broad SMARTS) is 1. The molecule has 1 aromatic carbocycles. The molecule has 1 unspecified atom stereocenters. The highest BCUT2D eigenvalue weighted by Gasteiger charge is 2.36. The second-order valence-corrected chi connectivity index (χ2v) is 4.67. The van der Waals surface area contributed by atoms with Gasteiger partial charge in [-0.3, -0.25) is 0 Å². The number of ether oxygens (including phenoxy) is 1. The molecular formula is C15H23NO3. The van der Waals surface area contributed by atoms with Gasteiger partial charge in [0.2, 0.25) is 0 Å². The first kappa shape index (κ1) is 15.3. The average molecular weight is 265 g/mol. The molecule has 0 radical (unpaired) electrons. The number of para-hydroxylation sites is 2. The Hall–Kier alpha value is -1.71. The molecule has 0 heterocycles. The summed E-state index contributed by atoms with van der Waals surface area (Å²) in [5, 5.41) is 12.7. The van der Waals surface area contributed by atoms with Gasteiger partial charge in [0.25, 0.3) is 0 Å². The number of anilines is 1. The SMILES string of the molecule is CCCCC(CC)(Nc1ccccc1OC)C(=O)O. The van der Waals surface area contributed by atoms with Crippen LogP contribution in [0.15, 0.2) is 24.3 Å². The quantitative estimate of drug-likeness (QED) is 0.755. The van der Waals surface area contributed by atoms with Crippen molar-refractivity contribution in [3.8, 4) is 5.75 Å². The smallest absolute Gasteiger partial charge is 0.329 e. The van der Waals surface area contributed by atoms with Crippen LogP contribution in [0.2, 0.25) is 0 Å². The number of methoxy groups -OCH3 is 1. The van der Waals surface area contributed by atoms with E-state index in [1.54, 1.807) is 7.11 Å². The van der Waals surface area contributed by atoms with Gasteiger partial charge in [-0.25, -0.2) is 4.79 Å². The van der Waals surface area contributed by atoms with E-state index in [9.17, 15) is 9.90 Å². The number of carboxylic acids is 1. The van der Waals surface area contributed by atoms with Crippen molar-refractivity contribution in [2.75, 3.05) is 12.4 Å². The highest BCUT2D eigenvalue weighted by atomic mass is 16.5. The summed E-state index contributed by atoms with van der Waals surface area (Å²) >= 11 is 0. The maximum Gasteiger partial charge on any atom is 0.329 e. The first-order chi connectivity index (χ1) is 9.09. The third-order valence-corrected chi connectivity index (χ3v) is 3.45. The number of nitrogens with one attached hydrogen (secondary N) is 1. The highest BCUT2D eigenvalue weighted by molar-refractivity contribution is 5.83. The minimum atomic E-state index is -0.926. The third-order valence-electron chi connectivity index (χ3n) is 3.45. The fraction of sp³-hybridized carbons (Fsp3) is 0.533. The second kappa shape index (κ2) is 7.02. The molecule has 1 aromatic rings. The van der Waals surface area contributed by atoms with Crippen molar-refractivity contribution < 1.29 is 14.6 Å². The Kier molecular flexibility index (Phi) is 5.67. The van der Waals surface area contributed by atoms with Crippen molar-refractivity contribution >= 4 is 11.7 Å². The zero-order valence-electron chi connectivity index (χ0n) is 11.9. The van der Waals surface area contributed by atoms with Crippen molar-refractivity contribution in [1.82, 2.24) is 0 Å². The summed E-state index contributed by atoms with van der Waals surface area (Å²) < 4.78 is 5.26. The van der Waals surface area contributed by atoms with Gasteiger partial charge in [0.05, 0.1) is 12.8 Å². The van der Waals surface area contributed by atoms with Crippen LogP contribution in [-0.2, 0) is 4.79 Å². The van der Waals surface area contributed by atoms with Gasteiger partial charge in [0, 0.05) is 0 Å². The Morgan fingerprint density at radius 2 is 2.05 bits per heavy atom. The fourth-order valence-corrected chi connectivity index (χ4v) is 2.12. The number of hydrogen-bond donors (Lipinski definition) is 2. The van der Waals surface area contributed by atoms with Crippen LogP contribution in [-0.4, -0.2) is 23.7 Å². The molecule has 4 heteroatoms. The standard InChI is InChI=1S/C15H23NO3/c1-4-6-11-15(5-2,14(17)18)16-12-9-7-8-10-13(12)19-3/h7-10,16H,4-6,11H2,1-3H3,(H,17,18). The summed E-state index contributed by atoms with van der Waals surface area (Å²) in [6.07, 6.45) is 2.98. The van der Waals surface area contributed by atoms with Crippen LogP contribution in [0.3, 0.4) is 0 Å². The molecule has 0 fully saturated rings. The molecule has 19 heavy (non-hydrogen) atoms. The van der Waals surface area contributed by atoms with Crippen molar-refractivity contribution in [2.45, 2.75) is 45.1 Å². The van der Waals surface area contributed by atoms with E-state index in [1.807, 2.05) is 31.2 Å². The van der Waals surface area contributed by atoms with Crippen LogP contribution < -0.4 is 10.1 Å². The van der Waals surface area contributed by atoms with Crippen molar-refractivity contribution in [2.24, 2.45) is 0 Å². The molecule has 0 aromatic heterocycles. The number of unbranched alkanes of at least 4 members (excludes halogenated alkanes) is 1. The van der Waals surface area contributed by atoms with E-state index in [1.165, 1.54) is 0 Å². The van der Waals surface area contributed by atoms with Crippen LogP contribution in [0, 0.1) is 0 Å². The Labute approximate surface area is 114 Å². The van der Waals surface area contributed by atoms with Gasteiger partial charge >= 0.3 is 5.97 Å². The van der Waals surface area contributed by atoms with E-state index in [-0.39, 0.29) is 0 Å². The Balaban J connectivity index is 3.02. The average Bonchev–Trinajstić information content (AvgIpc) is 2.43. The molecule has 0 spiro atoms. The van der Waals surface area contributed by atoms with Gasteiger partial charge in [-0.1, -0.05) is 38.8 Å². The van der Waals surface area contributed by atoms with E-state index in [4.69, 9.17) is 4.74 Å². The summed E-state index contributed by atoms with van der Waals surface area (Å²) in [5.74, 6) is -0.146. The summed E-state index contributed by atoms with van der Waals surface area (Å²) in [7, 11) is 1.58.